The molecule has 0 aliphatic heterocycles. The average Bonchev–Trinajstić information content (AvgIpc) is 3.31. The van der Waals surface area contributed by atoms with Gasteiger partial charge >= 0.3 is 0 Å². The second kappa shape index (κ2) is 5.33. The second-order valence-corrected chi connectivity index (χ2v) is 5.55. The zero-order valence-corrected chi connectivity index (χ0v) is 12.0. The lowest BCUT2D eigenvalue weighted by Crippen LogP contribution is -2.07. The maximum absolute atomic E-state index is 13.9. The molecule has 0 bridgehead atoms. The van der Waals surface area contributed by atoms with Crippen LogP contribution in [0.1, 0.15) is 30.0 Å². The van der Waals surface area contributed by atoms with E-state index in [4.69, 9.17) is 0 Å². The maximum Gasteiger partial charge on any atom is 0.179 e. The summed E-state index contributed by atoms with van der Waals surface area (Å²) in [5, 5.41) is 4.60. The van der Waals surface area contributed by atoms with Gasteiger partial charge in [0, 0.05) is 29.6 Å². The molecule has 0 amide bonds. The van der Waals surface area contributed by atoms with Crippen LogP contribution in [0.25, 0.3) is 11.5 Å². The summed E-state index contributed by atoms with van der Waals surface area (Å²) in [6.07, 6.45) is 5.74. The van der Waals surface area contributed by atoms with Crippen LogP contribution in [0.5, 0.6) is 0 Å². The molecule has 4 rings (SSSR count). The van der Waals surface area contributed by atoms with Gasteiger partial charge in [0.05, 0.1) is 6.54 Å². The Kier molecular flexibility index (Phi) is 3.18. The first-order valence-electron chi connectivity index (χ1n) is 7.40. The van der Waals surface area contributed by atoms with Crippen molar-refractivity contribution >= 4 is 0 Å². The van der Waals surface area contributed by atoms with E-state index in [1.54, 1.807) is 30.6 Å². The molecule has 1 aromatic carbocycles. The van der Waals surface area contributed by atoms with Crippen molar-refractivity contribution in [2.75, 3.05) is 0 Å². The van der Waals surface area contributed by atoms with Crippen molar-refractivity contribution in [1.29, 1.82) is 0 Å². The smallest absolute Gasteiger partial charge is 0.179 e. The Balaban J connectivity index is 1.72. The Bertz CT molecular complexity index is 793. The molecule has 5 heteroatoms. The molecule has 22 heavy (non-hydrogen) atoms. The lowest BCUT2D eigenvalue weighted by atomic mass is 10.2. The van der Waals surface area contributed by atoms with Crippen LogP contribution in [-0.2, 0) is 6.54 Å². The van der Waals surface area contributed by atoms with Crippen LogP contribution in [0.15, 0.2) is 48.8 Å². The van der Waals surface area contributed by atoms with E-state index in [0.29, 0.717) is 23.9 Å². The molecule has 0 N–H and O–H groups in total. The molecule has 2 aromatic heterocycles. The van der Waals surface area contributed by atoms with Crippen molar-refractivity contribution in [2.45, 2.75) is 25.3 Å². The highest BCUT2D eigenvalue weighted by Crippen LogP contribution is 2.41. The third-order valence-corrected chi connectivity index (χ3v) is 3.88. The summed E-state index contributed by atoms with van der Waals surface area (Å²) in [5.41, 5.74) is 2.54. The Morgan fingerprint density at radius 1 is 1.09 bits per heavy atom. The van der Waals surface area contributed by atoms with Gasteiger partial charge < -0.3 is 0 Å². The van der Waals surface area contributed by atoms with Crippen LogP contribution >= 0.6 is 0 Å². The van der Waals surface area contributed by atoms with Gasteiger partial charge in [0.15, 0.2) is 5.82 Å². The van der Waals surface area contributed by atoms with Crippen LogP contribution in [-0.4, -0.2) is 19.7 Å². The van der Waals surface area contributed by atoms with Crippen LogP contribution in [0.3, 0.4) is 0 Å². The van der Waals surface area contributed by atoms with Crippen LogP contribution in [0.2, 0.25) is 0 Å². The molecule has 0 radical (unpaired) electrons. The summed E-state index contributed by atoms with van der Waals surface area (Å²) in [6.45, 7) is 0.436. The Hall–Kier alpha value is -2.56. The molecular formula is C17H15FN4. The number of rotatable bonds is 4. The summed E-state index contributed by atoms with van der Waals surface area (Å²) in [6, 6.07) is 10.6. The number of hydrogen-bond acceptors (Lipinski definition) is 3. The van der Waals surface area contributed by atoms with Crippen LogP contribution < -0.4 is 0 Å². The number of halogens is 1. The number of aromatic nitrogens is 4. The predicted octanol–water partition coefficient (Wildman–Crippen LogP) is 3.40. The molecule has 2 heterocycles. The number of hydrogen-bond donors (Lipinski definition) is 0. The summed E-state index contributed by atoms with van der Waals surface area (Å²) in [7, 11) is 0. The Labute approximate surface area is 127 Å². The van der Waals surface area contributed by atoms with Gasteiger partial charge in [-0.3, -0.25) is 4.68 Å². The van der Waals surface area contributed by atoms with E-state index in [9.17, 15) is 4.39 Å². The van der Waals surface area contributed by atoms with Crippen molar-refractivity contribution in [3.05, 3.63) is 65.9 Å². The Morgan fingerprint density at radius 2 is 1.86 bits per heavy atom. The highest BCUT2D eigenvalue weighted by molar-refractivity contribution is 5.50. The fourth-order valence-corrected chi connectivity index (χ4v) is 2.59. The number of nitrogens with zero attached hydrogens (tertiary/aromatic N) is 4. The molecule has 0 spiro atoms. The lowest BCUT2D eigenvalue weighted by molar-refractivity contribution is 0.576. The standard InChI is InChI=1S/C17H15FN4/c18-14-5-2-1-4-13(14)11-22-16(12-6-7-12)10-15(21-22)17-19-8-3-9-20-17/h1-5,8-10,12H,6-7,11H2. The summed E-state index contributed by atoms with van der Waals surface area (Å²) < 4.78 is 15.8. The summed E-state index contributed by atoms with van der Waals surface area (Å²) in [5.74, 6) is 0.936. The van der Waals surface area contributed by atoms with Crippen molar-refractivity contribution in [2.24, 2.45) is 0 Å². The molecule has 110 valence electrons. The normalized spacial score (nSPS) is 14.2. The summed E-state index contributed by atoms with van der Waals surface area (Å²) in [4.78, 5) is 8.49. The molecule has 4 nitrogen and oxygen atoms in total. The van der Waals surface area contributed by atoms with Crippen molar-refractivity contribution < 1.29 is 4.39 Å². The van der Waals surface area contributed by atoms with E-state index >= 15 is 0 Å². The molecule has 1 aliphatic carbocycles. The zero-order chi connectivity index (χ0) is 14.9. The van der Waals surface area contributed by atoms with Crippen molar-refractivity contribution in [1.82, 2.24) is 19.7 Å². The average molecular weight is 294 g/mol. The van der Waals surface area contributed by atoms with Crippen LogP contribution in [0.4, 0.5) is 4.39 Å². The molecular weight excluding hydrogens is 279 g/mol. The molecule has 0 atom stereocenters. The van der Waals surface area contributed by atoms with Crippen molar-refractivity contribution in [3.63, 3.8) is 0 Å². The monoisotopic (exact) mass is 294 g/mol. The highest BCUT2D eigenvalue weighted by Gasteiger charge is 2.28. The minimum Gasteiger partial charge on any atom is -0.264 e. The highest BCUT2D eigenvalue weighted by atomic mass is 19.1. The molecule has 1 aliphatic rings. The third kappa shape index (κ3) is 2.50. The van der Waals surface area contributed by atoms with E-state index in [-0.39, 0.29) is 5.82 Å². The van der Waals surface area contributed by atoms with Gasteiger partial charge in [0.1, 0.15) is 11.5 Å². The fraction of sp³-hybridized carbons (Fsp3) is 0.235. The minimum atomic E-state index is -0.197. The van der Waals surface area contributed by atoms with E-state index in [2.05, 4.69) is 15.1 Å². The minimum absolute atomic E-state index is 0.197. The van der Waals surface area contributed by atoms with Gasteiger partial charge in [-0.15, -0.1) is 0 Å². The topological polar surface area (TPSA) is 43.6 Å². The molecule has 1 fully saturated rings. The van der Waals surface area contributed by atoms with Gasteiger partial charge in [-0.25, -0.2) is 14.4 Å². The Morgan fingerprint density at radius 3 is 2.59 bits per heavy atom. The van der Waals surface area contributed by atoms with E-state index in [1.807, 2.05) is 16.8 Å². The maximum atomic E-state index is 13.9. The SMILES string of the molecule is Fc1ccccc1Cn1nc(-c2ncccn2)cc1C1CC1. The summed E-state index contributed by atoms with van der Waals surface area (Å²) >= 11 is 0. The first-order chi connectivity index (χ1) is 10.8. The molecule has 0 saturated heterocycles. The van der Waals surface area contributed by atoms with Gasteiger partial charge in [-0.2, -0.15) is 5.10 Å². The second-order valence-electron chi connectivity index (χ2n) is 5.55. The van der Waals surface area contributed by atoms with Crippen molar-refractivity contribution in [3.8, 4) is 11.5 Å². The van der Waals surface area contributed by atoms with Crippen LogP contribution in [0, 0.1) is 5.82 Å². The van der Waals surface area contributed by atoms with Gasteiger partial charge in [0.2, 0.25) is 0 Å². The van der Waals surface area contributed by atoms with E-state index < -0.39 is 0 Å². The first-order valence-corrected chi connectivity index (χ1v) is 7.40. The molecule has 1 saturated carbocycles. The quantitative estimate of drug-likeness (QED) is 0.740. The van der Waals surface area contributed by atoms with Gasteiger partial charge in [0.25, 0.3) is 0 Å². The number of benzene rings is 1. The molecule has 3 aromatic rings. The van der Waals surface area contributed by atoms with E-state index in [1.165, 1.54) is 6.07 Å². The van der Waals surface area contributed by atoms with E-state index in [0.717, 1.165) is 24.2 Å². The molecule has 0 unspecified atom stereocenters. The third-order valence-electron chi connectivity index (χ3n) is 3.88. The largest absolute Gasteiger partial charge is 0.264 e. The predicted molar refractivity (Wildman–Crippen MR) is 80.7 cm³/mol. The van der Waals surface area contributed by atoms with Gasteiger partial charge in [-0.05, 0) is 31.0 Å². The first kappa shape index (κ1) is 13.1. The van der Waals surface area contributed by atoms with Gasteiger partial charge in [-0.1, -0.05) is 18.2 Å². The fourth-order valence-electron chi connectivity index (χ4n) is 2.59. The lowest BCUT2D eigenvalue weighted by Gasteiger charge is -2.07. The zero-order valence-electron chi connectivity index (χ0n) is 12.0.